The molecule has 0 bridgehead atoms. The topological polar surface area (TPSA) is 101 Å². The number of aliphatic hydroxyl groups is 1. The minimum absolute atomic E-state index is 0.186. The molecule has 1 aliphatic rings. The van der Waals surface area contributed by atoms with Gasteiger partial charge in [0.15, 0.2) is 17.3 Å². The number of nitrogens with one attached hydrogen (secondary N) is 1. The number of aromatic nitrogens is 4. The second-order valence-corrected chi connectivity index (χ2v) is 3.87. The summed E-state index contributed by atoms with van der Waals surface area (Å²) in [5.41, 5.74) is 8.16. The van der Waals surface area contributed by atoms with Crippen molar-refractivity contribution in [1.29, 1.82) is 0 Å². The van der Waals surface area contributed by atoms with Gasteiger partial charge in [-0.3, -0.25) is 0 Å². The smallest absolute Gasteiger partial charge is 0.183 e. The number of aromatic amines is 1. The van der Waals surface area contributed by atoms with Crippen LogP contribution in [-0.4, -0.2) is 31.6 Å². The van der Waals surface area contributed by atoms with Crippen LogP contribution in [0.2, 0.25) is 0 Å². The highest BCUT2D eigenvalue weighted by Crippen LogP contribution is 2.38. The third kappa shape index (κ3) is 1.43. The van der Waals surface area contributed by atoms with Crippen LogP contribution in [0.1, 0.15) is 12.2 Å². The molecule has 2 aromatic rings. The van der Waals surface area contributed by atoms with Gasteiger partial charge >= 0.3 is 0 Å². The Morgan fingerprint density at radius 3 is 3.19 bits per heavy atom. The molecule has 1 saturated carbocycles. The zero-order valence-corrected chi connectivity index (χ0v) is 8.51. The summed E-state index contributed by atoms with van der Waals surface area (Å²) in [4.78, 5) is 15.3. The molecule has 0 amide bonds. The highest BCUT2D eigenvalue weighted by atomic mass is 16.3. The number of fused-ring (bicyclic) bond motifs is 1. The standard InChI is InChI=1S/C10H11N5O/c11-9-8-10(13-4-12-8)15-7(14-9)2-5-1-6(5)3-16/h2,4,6,16H,1,3H2,(H3,11,12,13,14,15)/b5-2+. The van der Waals surface area contributed by atoms with Gasteiger partial charge in [-0.1, -0.05) is 5.57 Å². The lowest BCUT2D eigenvalue weighted by molar-refractivity contribution is 0.281. The molecule has 2 aromatic heterocycles. The number of nitrogen functional groups attached to an aromatic ring is 1. The van der Waals surface area contributed by atoms with E-state index in [0.29, 0.717) is 22.8 Å². The van der Waals surface area contributed by atoms with Crippen LogP contribution in [0.25, 0.3) is 17.2 Å². The Morgan fingerprint density at radius 1 is 1.56 bits per heavy atom. The Bertz CT molecular complexity index is 574. The fourth-order valence-corrected chi connectivity index (χ4v) is 1.69. The van der Waals surface area contributed by atoms with Crippen molar-refractivity contribution in [3.05, 3.63) is 17.7 Å². The second kappa shape index (κ2) is 3.28. The van der Waals surface area contributed by atoms with Crippen molar-refractivity contribution in [2.24, 2.45) is 5.92 Å². The minimum atomic E-state index is 0.186. The lowest BCUT2D eigenvalue weighted by Crippen LogP contribution is -1.97. The number of imidazole rings is 1. The van der Waals surface area contributed by atoms with Crippen LogP contribution in [0, 0.1) is 5.92 Å². The first-order valence-electron chi connectivity index (χ1n) is 5.06. The molecule has 4 N–H and O–H groups in total. The molecule has 1 fully saturated rings. The summed E-state index contributed by atoms with van der Waals surface area (Å²) in [7, 11) is 0. The fraction of sp³-hybridized carbons (Fsp3) is 0.300. The molecule has 2 heterocycles. The van der Waals surface area contributed by atoms with E-state index in [0.717, 1.165) is 12.0 Å². The Morgan fingerprint density at radius 2 is 2.44 bits per heavy atom. The summed E-state index contributed by atoms with van der Waals surface area (Å²) in [6, 6.07) is 0. The molecule has 3 rings (SSSR count). The molecule has 0 spiro atoms. The summed E-state index contributed by atoms with van der Waals surface area (Å²) in [5, 5.41) is 8.92. The van der Waals surface area contributed by atoms with Gasteiger partial charge in [-0.2, -0.15) is 0 Å². The SMILES string of the molecule is Nc1nc(/C=C2\CC2CO)nc2nc[nH]c12. The van der Waals surface area contributed by atoms with E-state index in [2.05, 4.69) is 19.9 Å². The molecule has 1 unspecified atom stereocenters. The van der Waals surface area contributed by atoms with Crippen molar-refractivity contribution in [2.75, 3.05) is 12.3 Å². The van der Waals surface area contributed by atoms with Crippen molar-refractivity contribution in [2.45, 2.75) is 6.42 Å². The number of H-pyrrole nitrogens is 1. The van der Waals surface area contributed by atoms with Gasteiger partial charge < -0.3 is 15.8 Å². The molecular formula is C10H11N5O. The van der Waals surface area contributed by atoms with Gasteiger partial charge in [-0.25, -0.2) is 15.0 Å². The number of aliphatic hydroxyl groups excluding tert-OH is 1. The lowest BCUT2D eigenvalue weighted by atomic mass is 10.3. The first kappa shape index (κ1) is 9.29. The van der Waals surface area contributed by atoms with E-state index in [1.54, 1.807) is 6.33 Å². The van der Waals surface area contributed by atoms with Gasteiger partial charge in [0.25, 0.3) is 0 Å². The molecule has 6 heteroatoms. The van der Waals surface area contributed by atoms with Crippen LogP contribution >= 0.6 is 0 Å². The minimum Gasteiger partial charge on any atom is -0.396 e. The zero-order chi connectivity index (χ0) is 11.1. The summed E-state index contributed by atoms with van der Waals surface area (Å²) in [6.45, 7) is 0.186. The van der Waals surface area contributed by atoms with E-state index in [4.69, 9.17) is 10.8 Å². The van der Waals surface area contributed by atoms with Gasteiger partial charge in [0.05, 0.1) is 6.33 Å². The quantitative estimate of drug-likeness (QED) is 0.673. The molecule has 1 atom stereocenters. The van der Waals surface area contributed by atoms with E-state index < -0.39 is 0 Å². The maximum absolute atomic E-state index is 8.92. The van der Waals surface area contributed by atoms with Crippen LogP contribution in [0.5, 0.6) is 0 Å². The summed E-state index contributed by atoms with van der Waals surface area (Å²) in [5.74, 6) is 1.23. The molecule has 0 radical (unpaired) electrons. The van der Waals surface area contributed by atoms with E-state index in [9.17, 15) is 0 Å². The summed E-state index contributed by atoms with van der Waals surface area (Å²) >= 11 is 0. The van der Waals surface area contributed by atoms with Gasteiger partial charge in [0, 0.05) is 12.5 Å². The molecular weight excluding hydrogens is 206 g/mol. The first-order chi connectivity index (χ1) is 7.78. The van der Waals surface area contributed by atoms with E-state index in [1.807, 2.05) is 6.08 Å². The molecule has 16 heavy (non-hydrogen) atoms. The fourth-order valence-electron chi connectivity index (χ4n) is 1.69. The largest absolute Gasteiger partial charge is 0.396 e. The highest BCUT2D eigenvalue weighted by molar-refractivity contribution is 5.81. The second-order valence-electron chi connectivity index (χ2n) is 3.87. The molecule has 82 valence electrons. The number of anilines is 1. The molecule has 6 nitrogen and oxygen atoms in total. The Kier molecular flexibility index (Phi) is 1.90. The van der Waals surface area contributed by atoms with Crippen LogP contribution in [0.15, 0.2) is 11.9 Å². The van der Waals surface area contributed by atoms with Crippen molar-refractivity contribution in [3.8, 4) is 0 Å². The van der Waals surface area contributed by atoms with Crippen molar-refractivity contribution in [1.82, 2.24) is 19.9 Å². The summed E-state index contributed by atoms with van der Waals surface area (Å²) in [6.07, 6.45) is 4.32. The number of rotatable bonds is 2. The van der Waals surface area contributed by atoms with Crippen LogP contribution in [-0.2, 0) is 0 Å². The van der Waals surface area contributed by atoms with Gasteiger partial charge in [0.1, 0.15) is 5.52 Å². The zero-order valence-electron chi connectivity index (χ0n) is 8.51. The maximum Gasteiger partial charge on any atom is 0.183 e. The third-order valence-corrected chi connectivity index (χ3v) is 2.71. The van der Waals surface area contributed by atoms with E-state index in [1.165, 1.54) is 0 Å². The predicted octanol–water partition coefficient (Wildman–Crippen LogP) is 0.331. The number of hydrogen-bond donors (Lipinski definition) is 3. The molecule has 0 saturated heterocycles. The third-order valence-electron chi connectivity index (χ3n) is 2.71. The van der Waals surface area contributed by atoms with E-state index in [-0.39, 0.29) is 12.5 Å². The van der Waals surface area contributed by atoms with Gasteiger partial charge in [0.2, 0.25) is 0 Å². The maximum atomic E-state index is 8.92. The predicted molar refractivity (Wildman–Crippen MR) is 59.3 cm³/mol. The normalized spacial score (nSPS) is 21.8. The lowest BCUT2D eigenvalue weighted by Gasteiger charge is -1.96. The molecule has 0 aromatic carbocycles. The summed E-state index contributed by atoms with van der Waals surface area (Å²) < 4.78 is 0. The van der Waals surface area contributed by atoms with Crippen molar-refractivity contribution in [3.63, 3.8) is 0 Å². The first-order valence-corrected chi connectivity index (χ1v) is 5.06. The van der Waals surface area contributed by atoms with Crippen molar-refractivity contribution >= 4 is 23.1 Å². The monoisotopic (exact) mass is 217 g/mol. The number of nitrogens with zero attached hydrogens (tertiary/aromatic N) is 3. The average molecular weight is 217 g/mol. The van der Waals surface area contributed by atoms with Crippen LogP contribution < -0.4 is 5.73 Å². The van der Waals surface area contributed by atoms with E-state index >= 15 is 0 Å². The highest BCUT2D eigenvalue weighted by Gasteiger charge is 2.28. The number of hydrogen-bond acceptors (Lipinski definition) is 5. The Balaban J connectivity index is 2.02. The molecule has 0 aliphatic heterocycles. The molecule has 1 aliphatic carbocycles. The van der Waals surface area contributed by atoms with Crippen molar-refractivity contribution < 1.29 is 5.11 Å². The Hall–Kier alpha value is -1.95. The van der Waals surface area contributed by atoms with Gasteiger partial charge in [-0.15, -0.1) is 0 Å². The number of nitrogens with two attached hydrogens (primary N) is 1. The van der Waals surface area contributed by atoms with Gasteiger partial charge in [-0.05, 0) is 12.5 Å². The average Bonchev–Trinajstić information content (AvgIpc) is 2.83. The van der Waals surface area contributed by atoms with Crippen LogP contribution in [0.3, 0.4) is 0 Å². The Labute approximate surface area is 91.2 Å². The van der Waals surface area contributed by atoms with Crippen LogP contribution in [0.4, 0.5) is 5.82 Å².